The molecule has 0 aliphatic heterocycles. The zero-order valence-corrected chi connectivity index (χ0v) is 9.87. The Hall–Kier alpha value is -1.06. The highest BCUT2D eigenvalue weighted by molar-refractivity contribution is 5.71. The molecular weight excluding hydrogens is 208 g/mol. The molecule has 0 atom stereocenters. The van der Waals surface area contributed by atoms with Crippen molar-refractivity contribution in [1.29, 1.82) is 0 Å². The van der Waals surface area contributed by atoms with Crippen LogP contribution in [-0.2, 0) is 19.1 Å². The van der Waals surface area contributed by atoms with Gasteiger partial charge in [0.05, 0.1) is 6.42 Å². The van der Waals surface area contributed by atoms with Crippen LogP contribution < -0.4 is 0 Å². The Balaban J connectivity index is 2.08. The molecule has 0 saturated heterocycles. The van der Waals surface area contributed by atoms with Crippen molar-refractivity contribution in [2.45, 2.75) is 58.0 Å². The first kappa shape index (κ1) is 13.0. The van der Waals surface area contributed by atoms with E-state index in [9.17, 15) is 9.59 Å². The average Bonchev–Trinajstić information content (AvgIpc) is 2.30. The van der Waals surface area contributed by atoms with Crippen molar-refractivity contribution in [1.82, 2.24) is 0 Å². The summed E-state index contributed by atoms with van der Waals surface area (Å²) in [5.41, 5.74) is 0. The number of hydrogen-bond acceptors (Lipinski definition) is 4. The van der Waals surface area contributed by atoms with Gasteiger partial charge in [0.2, 0.25) is 0 Å². The van der Waals surface area contributed by atoms with Crippen molar-refractivity contribution in [3.63, 3.8) is 0 Å². The standard InChI is InChI=1S/C12H20O4/c1-2-11(13)15-9-8-12(14)16-10-6-4-3-5-7-10/h10H,2-9H2,1H3. The fourth-order valence-corrected chi connectivity index (χ4v) is 1.78. The van der Waals surface area contributed by atoms with Gasteiger partial charge in [0.15, 0.2) is 0 Å². The maximum absolute atomic E-state index is 11.4. The Morgan fingerprint density at radius 3 is 2.44 bits per heavy atom. The minimum atomic E-state index is -0.273. The quantitative estimate of drug-likeness (QED) is 0.677. The lowest BCUT2D eigenvalue weighted by Gasteiger charge is -2.21. The minimum absolute atomic E-state index is 0.0862. The van der Waals surface area contributed by atoms with E-state index in [4.69, 9.17) is 9.47 Å². The smallest absolute Gasteiger partial charge is 0.309 e. The molecule has 1 aliphatic rings. The van der Waals surface area contributed by atoms with E-state index in [0.29, 0.717) is 6.42 Å². The van der Waals surface area contributed by atoms with E-state index in [1.54, 1.807) is 6.92 Å². The van der Waals surface area contributed by atoms with Crippen molar-refractivity contribution in [3.8, 4) is 0 Å². The van der Waals surface area contributed by atoms with E-state index in [-0.39, 0.29) is 31.1 Å². The van der Waals surface area contributed by atoms with Gasteiger partial charge in [0, 0.05) is 6.42 Å². The SMILES string of the molecule is CCC(=O)OCCC(=O)OC1CCCCC1. The molecule has 4 nitrogen and oxygen atoms in total. The van der Waals surface area contributed by atoms with Gasteiger partial charge in [-0.15, -0.1) is 0 Å². The van der Waals surface area contributed by atoms with Crippen LogP contribution in [-0.4, -0.2) is 24.6 Å². The predicted molar refractivity (Wildman–Crippen MR) is 58.8 cm³/mol. The van der Waals surface area contributed by atoms with Crippen LogP contribution in [0, 0.1) is 0 Å². The summed E-state index contributed by atoms with van der Waals surface area (Å²) in [7, 11) is 0. The maximum atomic E-state index is 11.4. The van der Waals surface area contributed by atoms with Gasteiger partial charge >= 0.3 is 11.9 Å². The molecule has 1 saturated carbocycles. The summed E-state index contributed by atoms with van der Waals surface area (Å²) in [6.07, 6.45) is 6.07. The fourth-order valence-electron chi connectivity index (χ4n) is 1.78. The molecule has 0 aromatic carbocycles. The Morgan fingerprint density at radius 2 is 1.81 bits per heavy atom. The summed E-state index contributed by atoms with van der Waals surface area (Å²) in [6.45, 7) is 1.86. The van der Waals surface area contributed by atoms with Gasteiger partial charge < -0.3 is 9.47 Å². The molecule has 92 valence electrons. The highest BCUT2D eigenvalue weighted by atomic mass is 16.6. The molecule has 1 aliphatic carbocycles. The predicted octanol–water partition coefficient (Wildman–Crippen LogP) is 2.21. The van der Waals surface area contributed by atoms with Crippen LogP contribution in [0.4, 0.5) is 0 Å². The van der Waals surface area contributed by atoms with Crippen LogP contribution in [0.2, 0.25) is 0 Å². The minimum Gasteiger partial charge on any atom is -0.465 e. The van der Waals surface area contributed by atoms with E-state index in [1.165, 1.54) is 6.42 Å². The van der Waals surface area contributed by atoms with E-state index in [2.05, 4.69) is 0 Å². The van der Waals surface area contributed by atoms with E-state index in [0.717, 1.165) is 25.7 Å². The molecule has 0 spiro atoms. The third-order valence-electron chi connectivity index (χ3n) is 2.71. The molecule has 0 aromatic rings. The van der Waals surface area contributed by atoms with Gasteiger partial charge in [-0.1, -0.05) is 13.3 Å². The molecule has 0 bridgehead atoms. The molecular formula is C12H20O4. The second-order valence-corrected chi connectivity index (χ2v) is 4.07. The summed E-state index contributed by atoms with van der Waals surface area (Å²) < 4.78 is 10.1. The lowest BCUT2D eigenvalue weighted by molar-refractivity contribution is -0.153. The molecule has 16 heavy (non-hydrogen) atoms. The summed E-state index contributed by atoms with van der Waals surface area (Å²) >= 11 is 0. The highest BCUT2D eigenvalue weighted by Crippen LogP contribution is 2.20. The van der Waals surface area contributed by atoms with Crippen molar-refractivity contribution < 1.29 is 19.1 Å². The zero-order valence-electron chi connectivity index (χ0n) is 9.87. The van der Waals surface area contributed by atoms with Crippen LogP contribution in [0.15, 0.2) is 0 Å². The topological polar surface area (TPSA) is 52.6 Å². The molecule has 0 N–H and O–H groups in total. The lowest BCUT2D eigenvalue weighted by atomic mass is 9.98. The largest absolute Gasteiger partial charge is 0.465 e. The monoisotopic (exact) mass is 228 g/mol. The second-order valence-electron chi connectivity index (χ2n) is 4.07. The summed E-state index contributed by atoms with van der Waals surface area (Å²) in [6, 6.07) is 0. The molecule has 0 amide bonds. The number of carbonyl (C=O) groups is 2. The Labute approximate surface area is 96.3 Å². The third-order valence-corrected chi connectivity index (χ3v) is 2.71. The van der Waals surface area contributed by atoms with Gasteiger partial charge in [-0.05, 0) is 25.7 Å². The van der Waals surface area contributed by atoms with Crippen LogP contribution in [0.25, 0.3) is 0 Å². The molecule has 1 rings (SSSR count). The molecule has 0 unspecified atom stereocenters. The zero-order chi connectivity index (χ0) is 11.8. The average molecular weight is 228 g/mol. The van der Waals surface area contributed by atoms with Gasteiger partial charge in [-0.25, -0.2) is 0 Å². The van der Waals surface area contributed by atoms with Crippen LogP contribution >= 0.6 is 0 Å². The van der Waals surface area contributed by atoms with Crippen molar-refractivity contribution >= 4 is 11.9 Å². The molecule has 4 heteroatoms. The Kier molecular flexibility index (Phi) is 5.90. The van der Waals surface area contributed by atoms with Crippen LogP contribution in [0.1, 0.15) is 51.9 Å². The van der Waals surface area contributed by atoms with E-state index < -0.39 is 0 Å². The van der Waals surface area contributed by atoms with Crippen molar-refractivity contribution in [2.24, 2.45) is 0 Å². The number of carbonyl (C=O) groups excluding carboxylic acids is 2. The Bertz CT molecular complexity index is 231. The van der Waals surface area contributed by atoms with Crippen LogP contribution in [0.5, 0.6) is 0 Å². The Morgan fingerprint density at radius 1 is 1.12 bits per heavy atom. The van der Waals surface area contributed by atoms with E-state index >= 15 is 0 Å². The molecule has 0 aromatic heterocycles. The molecule has 0 heterocycles. The highest BCUT2D eigenvalue weighted by Gasteiger charge is 2.17. The number of hydrogen-bond donors (Lipinski definition) is 0. The fraction of sp³-hybridized carbons (Fsp3) is 0.833. The van der Waals surface area contributed by atoms with Crippen LogP contribution in [0.3, 0.4) is 0 Å². The molecule has 1 fully saturated rings. The number of ether oxygens (including phenoxy) is 2. The number of esters is 2. The lowest BCUT2D eigenvalue weighted by Crippen LogP contribution is -2.22. The second kappa shape index (κ2) is 7.25. The third kappa shape index (κ3) is 5.14. The van der Waals surface area contributed by atoms with Crippen molar-refractivity contribution in [2.75, 3.05) is 6.61 Å². The summed E-state index contributed by atoms with van der Waals surface area (Å²) in [5.74, 6) is -0.527. The van der Waals surface area contributed by atoms with Crippen molar-refractivity contribution in [3.05, 3.63) is 0 Å². The maximum Gasteiger partial charge on any atom is 0.309 e. The summed E-state index contributed by atoms with van der Waals surface area (Å²) in [4.78, 5) is 22.2. The first-order valence-corrected chi connectivity index (χ1v) is 6.07. The van der Waals surface area contributed by atoms with Gasteiger partial charge in [-0.3, -0.25) is 9.59 Å². The molecule has 0 radical (unpaired) electrons. The summed E-state index contributed by atoms with van der Waals surface area (Å²) in [5, 5.41) is 0. The van der Waals surface area contributed by atoms with Gasteiger partial charge in [-0.2, -0.15) is 0 Å². The number of rotatable bonds is 5. The first-order valence-electron chi connectivity index (χ1n) is 6.07. The van der Waals surface area contributed by atoms with Gasteiger partial charge in [0.25, 0.3) is 0 Å². The first-order chi connectivity index (χ1) is 7.72. The van der Waals surface area contributed by atoms with Gasteiger partial charge in [0.1, 0.15) is 12.7 Å². The van der Waals surface area contributed by atoms with E-state index in [1.807, 2.05) is 0 Å². The normalized spacial score (nSPS) is 16.8.